The molecule has 0 aliphatic heterocycles. The molecule has 0 saturated carbocycles. The maximum absolute atomic E-state index is 10.2. The van der Waals surface area contributed by atoms with Crippen LogP contribution in [0.4, 0.5) is 0 Å². The van der Waals surface area contributed by atoms with E-state index in [1.807, 2.05) is 6.92 Å². The van der Waals surface area contributed by atoms with Gasteiger partial charge in [0.15, 0.2) is 5.25 Å². The molecule has 0 bridgehead atoms. The third kappa shape index (κ3) is 21.9. The normalized spacial score (nSPS) is 11.7. The number of rotatable bonds is 14. The molecule has 26 heavy (non-hydrogen) atoms. The summed E-state index contributed by atoms with van der Waals surface area (Å²) in [5.41, 5.74) is 0. The van der Waals surface area contributed by atoms with Crippen molar-refractivity contribution in [2.75, 3.05) is 6.61 Å². The second-order valence-electron chi connectivity index (χ2n) is 5.52. The quantitative estimate of drug-likeness (QED) is 0.160. The van der Waals surface area contributed by atoms with Gasteiger partial charge in [-0.2, -0.15) is 15.3 Å². The van der Waals surface area contributed by atoms with Gasteiger partial charge in [0.05, 0.1) is 6.42 Å². The van der Waals surface area contributed by atoms with Gasteiger partial charge in [-0.05, 0) is 6.42 Å². The molecule has 0 fully saturated rings. The van der Waals surface area contributed by atoms with Gasteiger partial charge >= 0.3 is 41.5 Å². The first-order valence-electron chi connectivity index (χ1n) is 8.47. The molecule has 0 aliphatic rings. The molecule has 1 atom stereocenters. The van der Waals surface area contributed by atoms with Gasteiger partial charge in [0, 0.05) is 6.61 Å². The summed E-state index contributed by atoms with van der Waals surface area (Å²) in [6.07, 6.45) is 9.80. The topological polar surface area (TPSA) is 138 Å². The largest absolute Gasteiger partial charge is 1.00 e. The molecular formula is C16H31NaO8S. The number of hydrogen-bond donors (Lipinski definition) is 3. The Labute approximate surface area is 178 Å². The van der Waals surface area contributed by atoms with Crippen molar-refractivity contribution >= 4 is 22.1 Å². The summed E-state index contributed by atoms with van der Waals surface area (Å²) in [5.74, 6) is -3.50. The fourth-order valence-electron chi connectivity index (χ4n) is 1.92. The summed E-state index contributed by atoms with van der Waals surface area (Å²) >= 11 is 0. The second-order valence-corrected chi connectivity index (χ2v) is 7.12. The molecule has 0 radical (unpaired) electrons. The Morgan fingerprint density at radius 2 is 1.46 bits per heavy atom. The van der Waals surface area contributed by atoms with Crippen LogP contribution >= 0.6 is 0 Å². The zero-order valence-corrected chi connectivity index (χ0v) is 18.8. The minimum atomic E-state index is -4.84. The Morgan fingerprint density at radius 3 is 1.77 bits per heavy atom. The van der Waals surface area contributed by atoms with Crippen LogP contribution in [0, 0.1) is 6.61 Å². The van der Waals surface area contributed by atoms with Crippen molar-refractivity contribution in [3.05, 3.63) is 6.61 Å². The van der Waals surface area contributed by atoms with Crippen LogP contribution in [-0.2, 0) is 24.4 Å². The van der Waals surface area contributed by atoms with Gasteiger partial charge in [0.1, 0.15) is 0 Å². The van der Waals surface area contributed by atoms with Gasteiger partial charge in [-0.3, -0.25) is 14.1 Å². The average Bonchev–Trinajstić information content (AvgIpc) is 2.50. The van der Waals surface area contributed by atoms with Crippen LogP contribution in [0.3, 0.4) is 0 Å². The minimum absolute atomic E-state index is 0. The van der Waals surface area contributed by atoms with Crippen LogP contribution in [0.15, 0.2) is 0 Å². The fraction of sp³-hybridized carbons (Fsp3) is 0.812. The Hall–Kier alpha value is -0.190. The zero-order chi connectivity index (χ0) is 19.7. The van der Waals surface area contributed by atoms with E-state index in [0.29, 0.717) is 0 Å². The Morgan fingerprint density at radius 1 is 1.00 bits per heavy atom. The van der Waals surface area contributed by atoms with Crippen molar-refractivity contribution in [2.45, 2.75) is 76.9 Å². The molecule has 150 valence electrons. The van der Waals surface area contributed by atoms with Gasteiger partial charge in [-0.25, -0.2) is 6.61 Å². The summed E-state index contributed by atoms with van der Waals surface area (Å²) in [4.78, 5) is 20.0. The van der Waals surface area contributed by atoms with E-state index in [1.165, 1.54) is 51.4 Å². The first-order valence-corrected chi connectivity index (χ1v) is 9.97. The summed E-state index contributed by atoms with van der Waals surface area (Å²) in [5, 5.41) is 13.9. The number of ether oxygens (including phenoxy) is 1. The number of carbonyl (C=O) groups is 2. The summed E-state index contributed by atoms with van der Waals surface area (Å²) < 4.78 is 33.8. The maximum atomic E-state index is 10.2. The van der Waals surface area contributed by atoms with Gasteiger partial charge in [0.25, 0.3) is 10.1 Å². The van der Waals surface area contributed by atoms with Crippen molar-refractivity contribution in [1.82, 2.24) is 0 Å². The summed E-state index contributed by atoms with van der Waals surface area (Å²) in [7, 11) is -4.84. The van der Waals surface area contributed by atoms with E-state index < -0.39 is 33.7 Å². The van der Waals surface area contributed by atoms with Gasteiger partial charge < -0.3 is 14.9 Å². The van der Waals surface area contributed by atoms with Crippen molar-refractivity contribution in [3.8, 4) is 0 Å². The van der Waals surface area contributed by atoms with E-state index in [9.17, 15) is 18.0 Å². The van der Waals surface area contributed by atoms with Gasteiger partial charge in [-0.15, -0.1) is 0 Å². The van der Waals surface area contributed by atoms with Crippen LogP contribution < -0.4 is 29.6 Å². The number of unbranched alkanes of at least 4 members (excludes halogenated alkanes) is 7. The predicted molar refractivity (Wildman–Crippen MR) is 93.8 cm³/mol. The average molecular weight is 406 g/mol. The fourth-order valence-corrected chi connectivity index (χ4v) is 2.52. The van der Waals surface area contributed by atoms with Crippen LogP contribution in [0.5, 0.6) is 0 Å². The molecule has 0 aromatic heterocycles. The van der Waals surface area contributed by atoms with Gasteiger partial charge in [-0.1, -0.05) is 51.9 Å². The SMILES string of the molecule is C[CH-]OCCCCCCCCCC.O=C(O)CC(C(=O)O)S(=O)(=O)O.[Na+]. The maximum Gasteiger partial charge on any atom is 1.00 e. The molecule has 0 rings (SSSR count). The van der Waals surface area contributed by atoms with Crippen LogP contribution in [0.2, 0.25) is 0 Å². The monoisotopic (exact) mass is 406 g/mol. The smallest absolute Gasteiger partial charge is 0.552 e. The molecule has 8 nitrogen and oxygen atoms in total. The first-order chi connectivity index (χ1) is 11.7. The predicted octanol–water partition coefficient (Wildman–Crippen LogP) is 0.131. The van der Waals surface area contributed by atoms with Crippen molar-refractivity contribution in [3.63, 3.8) is 0 Å². The Balaban J connectivity index is -0.000000393. The molecular weight excluding hydrogens is 375 g/mol. The first kappa shape index (κ1) is 30.5. The number of hydrogen-bond acceptors (Lipinski definition) is 5. The molecule has 10 heteroatoms. The van der Waals surface area contributed by atoms with Crippen molar-refractivity contribution in [2.24, 2.45) is 0 Å². The molecule has 0 heterocycles. The second kappa shape index (κ2) is 19.6. The van der Waals surface area contributed by atoms with E-state index in [1.54, 1.807) is 6.61 Å². The van der Waals surface area contributed by atoms with E-state index in [4.69, 9.17) is 19.5 Å². The molecule has 0 aliphatic carbocycles. The molecule has 0 saturated heterocycles. The Kier molecular flexibility index (Phi) is 23.0. The van der Waals surface area contributed by atoms with Crippen LogP contribution in [0.25, 0.3) is 0 Å². The molecule has 0 aromatic rings. The van der Waals surface area contributed by atoms with E-state index in [2.05, 4.69) is 6.92 Å². The van der Waals surface area contributed by atoms with E-state index >= 15 is 0 Å². The zero-order valence-electron chi connectivity index (χ0n) is 16.0. The molecule has 0 amide bonds. The third-order valence-corrected chi connectivity index (χ3v) is 4.36. The Bertz CT molecular complexity index is 443. The van der Waals surface area contributed by atoms with E-state index in [-0.39, 0.29) is 29.6 Å². The minimum Gasteiger partial charge on any atom is -0.552 e. The summed E-state index contributed by atoms with van der Waals surface area (Å²) in [6.45, 7) is 6.88. The van der Waals surface area contributed by atoms with Crippen LogP contribution in [0.1, 0.15) is 71.6 Å². The molecule has 0 aromatic carbocycles. The van der Waals surface area contributed by atoms with Crippen molar-refractivity contribution < 1.29 is 67.1 Å². The van der Waals surface area contributed by atoms with Crippen LogP contribution in [-0.4, -0.2) is 47.0 Å². The molecule has 0 spiro atoms. The third-order valence-electron chi connectivity index (χ3n) is 3.28. The number of aliphatic carboxylic acids is 2. The molecule has 1 unspecified atom stereocenters. The summed E-state index contributed by atoms with van der Waals surface area (Å²) in [6, 6.07) is 0. The number of carboxylic acids is 2. The van der Waals surface area contributed by atoms with Gasteiger partial charge in [0.2, 0.25) is 0 Å². The number of carboxylic acid groups (broad SMARTS) is 2. The standard InChI is InChI=1S/C12H25O.C4H6O7S.Na/c1-3-5-6-7-8-9-10-11-12-13-4-2;5-3(6)1-2(4(7)8)12(9,10)11;/h4H,3,5-12H2,1-2H3;2H,1H2,(H,5,6)(H,7,8)(H,9,10,11);/q-1;;+1. The van der Waals surface area contributed by atoms with E-state index in [0.717, 1.165) is 6.61 Å². The molecule has 3 N–H and O–H groups in total. The van der Waals surface area contributed by atoms with Crippen molar-refractivity contribution in [1.29, 1.82) is 0 Å².